The van der Waals surface area contributed by atoms with Crippen molar-refractivity contribution in [3.05, 3.63) is 53.3 Å². The van der Waals surface area contributed by atoms with Crippen LogP contribution in [0.25, 0.3) is 11.1 Å². The summed E-state index contributed by atoms with van der Waals surface area (Å²) < 4.78 is 19.5. The highest BCUT2D eigenvalue weighted by molar-refractivity contribution is 5.67. The van der Waals surface area contributed by atoms with Crippen LogP contribution in [0.1, 0.15) is 17.5 Å². The summed E-state index contributed by atoms with van der Waals surface area (Å²) in [7, 11) is 0. The van der Waals surface area contributed by atoms with Gasteiger partial charge in [-0.05, 0) is 53.8 Å². The molecule has 2 N–H and O–H groups in total. The van der Waals surface area contributed by atoms with Crippen LogP contribution in [0.4, 0.5) is 4.39 Å². The summed E-state index contributed by atoms with van der Waals surface area (Å²) in [5.74, 6) is 0.708. The summed E-state index contributed by atoms with van der Waals surface area (Å²) >= 11 is 0. The van der Waals surface area contributed by atoms with Crippen molar-refractivity contribution in [2.75, 3.05) is 6.61 Å². The van der Waals surface area contributed by atoms with Crippen LogP contribution in [0.2, 0.25) is 0 Å². The number of fused-ring (bicyclic) bond motifs is 1. The van der Waals surface area contributed by atoms with Gasteiger partial charge in [0, 0.05) is 12.1 Å². The van der Waals surface area contributed by atoms with Crippen molar-refractivity contribution in [3.63, 3.8) is 0 Å². The maximum Gasteiger partial charge on any atom is 0.131 e. The number of ether oxygens (including phenoxy) is 1. The number of rotatable bonds is 2. The minimum absolute atomic E-state index is 0.214. The van der Waals surface area contributed by atoms with Crippen molar-refractivity contribution in [2.45, 2.75) is 19.4 Å². The maximum absolute atomic E-state index is 14.0. The molecular formula is C16H16FNO. The Labute approximate surface area is 112 Å². The van der Waals surface area contributed by atoms with Crippen molar-refractivity contribution in [1.29, 1.82) is 0 Å². The zero-order valence-electron chi connectivity index (χ0n) is 10.7. The van der Waals surface area contributed by atoms with Gasteiger partial charge in [0.15, 0.2) is 0 Å². The van der Waals surface area contributed by atoms with E-state index in [-0.39, 0.29) is 5.82 Å². The van der Waals surface area contributed by atoms with Gasteiger partial charge < -0.3 is 10.5 Å². The zero-order valence-corrected chi connectivity index (χ0v) is 10.7. The highest BCUT2D eigenvalue weighted by Crippen LogP contribution is 2.31. The molecule has 0 saturated carbocycles. The van der Waals surface area contributed by atoms with Gasteiger partial charge in [0.1, 0.15) is 11.6 Å². The highest BCUT2D eigenvalue weighted by Gasteiger charge is 2.13. The molecule has 0 aromatic heterocycles. The van der Waals surface area contributed by atoms with E-state index in [0.717, 1.165) is 41.9 Å². The normalized spacial score (nSPS) is 13.8. The van der Waals surface area contributed by atoms with Crippen molar-refractivity contribution in [3.8, 4) is 16.9 Å². The molecule has 98 valence electrons. The first-order chi connectivity index (χ1) is 9.28. The fourth-order valence-electron chi connectivity index (χ4n) is 2.45. The SMILES string of the molecule is NCc1ccc(F)c(-c2ccc3c(c2)CCCO3)c1. The van der Waals surface area contributed by atoms with Gasteiger partial charge in [-0.1, -0.05) is 12.1 Å². The number of benzene rings is 2. The number of hydrogen-bond donors (Lipinski definition) is 1. The smallest absolute Gasteiger partial charge is 0.131 e. The van der Waals surface area contributed by atoms with Gasteiger partial charge in [0.05, 0.1) is 6.61 Å². The third kappa shape index (κ3) is 2.34. The molecule has 0 saturated heterocycles. The first-order valence-electron chi connectivity index (χ1n) is 6.52. The Kier molecular flexibility index (Phi) is 3.22. The number of aryl methyl sites for hydroxylation is 1. The Morgan fingerprint density at radius 2 is 2.05 bits per heavy atom. The Morgan fingerprint density at radius 3 is 2.89 bits per heavy atom. The number of halogens is 1. The first-order valence-corrected chi connectivity index (χ1v) is 6.52. The Morgan fingerprint density at radius 1 is 1.16 bits per heavy atom. The van der Waals surface area contributed by atoms with E-state index in [0.29, 0.717) is 12.1 Å². The molecule has 0 radical (unpaired) electrons. The van der Waals surface area contributed by atoms with Crippen LogP contribution in [0.5, 0.6) is 5.75 Å². The van der Waals surface area contributed by atoms with Gasteiger partial charge in [-0.15, -0.1) is 0 Å². The molecule has 0 spiro atoms. The lowest BCUT2D eigenvalue weighted by Gasteiger charge is -2.18. The van der Waals surface area contributed by atoms with Gasteiger partial charge in [0.2, 0.25) is 0 Å². The molecule has 2 aromatic carbocycles. The van der Waals surface area contributed by atoms with Crippen LogP contribution < -0.4 is 10.5 Å². The summed E-state index contributed by atoms with van der Waals surface area (Å²) in [6, 6.07) is 10.9. The molecule has 0 amide bonds. The lowest BCUT2D eigenvalue weighted by molar-refractivity contribution is 0.288. The van der Waals surface area contributed by atoms with Gasteiger partial charge in [-0.3, -0.25) is 0 Å². The van der Waals surface area contributed by atoms with Crippen molar-refractivity contribution in [1.82, 2.24) is 0 Å². The Hall–Kier alpha value is -1.87. The lowest BCUT2D eigenvalue weighted by atomic mass is 9.97. The molecule has 1 aliphatic heterocycles. The van der Waals surface area contributed by atoms with Crippen molar-refractivity contribution in [2.24, 2.45) is 5.73 Å². The second kappa shape index (κ2) is 5.02. The van der Waals surface area contributed by atoms with E-state index in [2.05, 4.69) is 0 Å². The average Bonchev–Trinajstić information content (AvgIpc) is 2.47. The maximum atomic E-state index is 14.0. The largest absolute Gasteiger partial charge is 0.493 e. The molecule has 3 heteroatoms. The van der Waals surface area contributed by atoms with Gasteiger partial charge in [-0.2, -0.15) is 0 Å². The lowest BCUT2D eigenvalue weighted by Crippen LogP contribution is -2.08. The molecule has 1 heterocycles. The molecule has 0 aliphatic carbocycles. The molecule has 2 nitrogen and oxygen atoms in total. The van der Waals surface area contributed by atoms with E-state index in [9.17, 15) is 4.39 Å². The monoisotopic (exact) mass is 257 g/mol. The topological polar surface area (TPSA) is 35.2 Å². The van der Waals surface area contributed by atoms with Gasteiger partial charge in [0.25, 0.3) is 0 Å². The Balaban J connectivity index is 2.06. The van der Waals surface area contributed by atoms with E-state index in [1.165, 1.54) is 6.07 Å². The van der Waals surface area contributed by atoms with Crippen LogP contribution in [0, 0.1) is 5.82 Å². The summed E-state index contributed by atoms with van der Waals surface area (Å²) in [6.07, 6.45) is 2.00. The second-order valence-electron chi connectivity index (χ2n) is 4.79. The minimum Gasteiger partial charge on any atom is -0.493 e. The van der Waals surface area contributed by atoms with Crippen LogP contribution in [0.3, 0.4) is 0 Å². The summed E-state index contributed by atoms with van der Waals surface area (Å²) in [5.41, 5.74) is 9.20. The van der Waals surface area contributed by atoms with E-state index in [1.54, 1.807) is 6.07 Å². The summed E-state index contributed by atoms with van der Waals surface area (Å²) in [5, 5.41) is 0. The second-order valence-corrected chi connectivity index (χ2v) is 4.79. The third-order valence-electron chi connectivity index (χ3n) is 3.49. The molecule has 19 heavy (non-hydrogen) atoms. The van der Waals surface area contributed by atoms with Gasteiger partial charge >= 0.3 is 0 Å². The first kappa shape index (κ1) is 12.2. The number of nitrogens with two attached hydrogens (primary N) is 1. The summed E-state index contributed by atoms with van der Waals surface area (Å²) in [4.78, 5) is 0. The predicted molar refractivity (Wildman–Crippen MR) is 73.5 cm³/mol. The van der Waals surface area contributed by atoms with Gasteiger partial charge in [-0.25, -0.2) is 4.39 Å². The quantitative estimate of drug-likeness (QED) is 0.896. The third-order valence-corrected chi connectivity index (χ3v) is 3.49. The molecule has 3 rings (SSSR count). The predicted octanol–water partition coefficient (Wildman–Crippen LogP) is 3.28. The molecule has 0 bridgehead atoms. The van der Waals surface area contributed by atoms with E-state index in [4.69, 9.17) is 10.5 Å². The van der Waals surface area contributed by atoms with Crippen LogP contribution in [0.15, 0.2) is 36.4 Å². The minimum atomic E-state index is -0.214. The zero-order chi connectivity index (χ0) is 13.2. The fourth-order valence-corrected chi connectivity index (χ4v) is 2.45. The molecular weight excluding hydrogens is 241 g/mol. The average molecular weight is 257 g/mol. The molecule has 0 fully saturated rings. The van der Waals surface area contributed by atoms with Crippen molar-refractivity contribution < 1.29 is 9.13 Å². The standard InChI is InChI=1S/C16H16FNO/c17-15-5-3-11(10-18)8-14(15)12-4-6-16-13(9-12)2-1-7-19-16/h3-6,8-9H,1-2,7,10,18H2. The highest BCUT2D eigenvalue weighted by atomic mass is 19.1. The molecule has 2 aromatic rings. The van der Waals surface area contributed by atoms with Crippen LogP contribution in [-0.4, -0.2) is 6.61 Å². The molecule has 0 unspecified atom stereocenters. The fraction of sp³-hybridized carbons (Fsp3) is 0.250. The summed E-state index contributed by atoms with van der Waals surface area (Å²) in [6.45, 7) is 1.19. The molecule has 0 atom stereocenters. The van der Waals surface area contributed by atoms with Crippen molar-refractivity contribution >= 4 is 0 Å². The number of hydrogen-bond acceptors (Lipinski definition) is 2. The van der Waals surface area contributed by atoms with E-state index < -0.39 is 0 Å². The van der Waals surface area contributed by atoms with E-state index in [1.807, 2.05) is 24.3 Å². The Bertz CT molecular complexity index is 610. The van der Waals surface area contributed by atoms with Crippen LogP contribution >= 0.6 is 0 Å². The van der Waals surface area contributed by atoms with E-state index >= 15 is 0 Å². The van der Waals surface area contributed by atoms with Crippen LogP contribution in [-0.2, 0) is 13.0 Å². The molecule has 1 aliphatic rings.